The number of carbonyl (C=O) groups is 3. The summed E-state index contributed by atoms with van der Waals surface area (Å²) in [6.07, 6.45) is 0.547. The van der Waals surface area contributed by atoms with E-state index in [2.05, 4.69) is 16.0 Å². The Balaban J connectivity index is 2.08. The predicted octanol–water partition coefficient (Wildman–Crippen LogP) is 1.47. The zero-order chi connectivity index (χ0) is 21.4. The molecule has 3 N–H and O–H groups in total. The maximum atomic E-state index is 12.4. The van der Waals surface area contributed by atoms with Gasteiger partial charge in [0.15, 0.2) is 0 Å². The highest BCUT2D eigenvalue weighted by Gasteiger charge is 2.31. The molecule has 0 saturated heterocycles. The number of anilines is 1. The van der Waals surface area contributed by atoms with E-state index in [1.807, 2.05) is 6.92 Å². The fourth-order valence-corrected chi connectivity index (χ4v) is 3.06. The molecule has 0 fully saturated rings. The van der Waals surface area contributed by atoms with Gasteiger partial charge in [0.2, 0.25) is 5.91 Å². The number of esters is 1. The third-order valence-electron chi connectivity index (χ3n) is 4.34. The van der Waals surface area contributed by atoms with E-state index in [-0.39, 0.29) is 31.6 Å². The Kier molecular flexibility index (Phi) is 8.02. The summed E-state index contributed by atoms with van der Waals surface area (Å²) in [6, 6.07) is 6.24. The van der Waals surface area contributed by atoms with Crippen LogP contribution in [0.5, 0.6) is 5.75 Å². The lowest BCUT2D eigenvalue weighted by atomic mass is 10.00. The van der Waals surface area contributed by atoms with Crippen molar-refractivity contribution < 1.29 is 23.9 Å². The maximum Gasteiger partial charge on any atom is 0.337 e. The van der Waals surface area contributed by atoms with Crippen molar-refractivity contribution in [3.63, 3.8) is 0 Å². The van der Waals surface area contributed by atoms with E-state index in [1.165, 1.54) is 0 Å². The zero-order valence-electron chi connectivity index (χ0n) is 17.2. The highest BCUT2D eigenvalue weighted by molar-refractivity contribution is 5.95. The van der Waals surface area contributed by atoms with E-state index in [0.717, 1.165) is 0 Å². The second-order valence-corrected chi connectivity index (χ2v) is 6.62. The molecule has 1 aliphatic heterocycles. The molecule has 1 atom stereocenters. The monoisotopic (exact) mass is 404 g/mol. The first kappa shape index (κ1) is 22.2. The molecule has 1 aromatic carbocycles. The van der Waals surface area contributed by atoms with E-state index in [0.29, 0.717) is 29.1 Å². The normalized spacial score (nSPS) is 16.2. The van der Waals surface area contributed by atoms with Crippen LogP contribution in [0.25, 0.3) is 0 Å². The second-order valence-electron chi connectivity index (χ2n) is 6.62. The number of nitrogens with one attached hydrogen (secondary N) is 3. The lowest BCUT2D eigenvalue weighted by molar-refractivity contribution is -0.139. The van der Waals surface area contributed by atoms with Crippen LogP contribution in [-0.4, -0.2) is 62.7 Å². The van der Waals surface area contributed by atoms with Crippen molar-refractivity contribution in [3.05, 3.63) is 35.5 Å². The van der Waals surface area contributed by atoms with Gasteiger partial charge in [-0.1, -0.05) is 13.0 Å². The number of hydrogen-bond donors (Lipinski definition) is 3. The Labute approximate surface area is 170 Å². The molecule has 1 aliphatic rings. The summed E-state index contributed by atoms with van der Waals surface area (Å²) in [6.45, 7) is 4.11. The van der Waals surface area contributed by atoms with Crippen LogP contribution >= 0.6 is 0 Å². The summed E-state index contributed by atoms with van der Waals surface area (Å²) in [4.78, 5) is 38.4. The van der Waals surface area contributed by atoms with Gasteiger partial charge < -0.3 is 25.4 Å². The van der Waals surface area contributed by atoms with Crippen molar-refractivity contribution in [2.24, 2.45) is 0 Å². The molecule has 0 aromatic heterocycles. The Morgan fingerprint density at radius 3 is 2.69 bits per heavy atom. The third-order valence-corrected chi connectivity index (χ3v) is 4.34. The van der Waals surface area contributed by atoms with Gasteiger partial charge in [0.1, 0.15) is 5.75 Å². The molecule has 29 heavy (non-hydrogen) atoms. The third kappa shape index (κ3) is 6.21. The molecule has 158 valence electrons. The Morgan fingerprint density at radius 1 is 1.28 bits per heavy atom. The first-order valence-corrected chi connectivity index (χ1v) is 9.48. The topological polar surface area (TPSA) is 109 Å². The summed E-state index contributed by atoms with van der Waals surface area (Å²) in [5, 5.41) is 8.20. The van der Waals surface area contributed by atoms with Gasteiger partial charge in [-0.05, 0) is 32.5 Å². The number of rotatable bonds is 9. The maximum absolute atomic E-state index is 12.4. The molecule has 0 saturated carbocycles. The lowest BCUT2D eigenvalue weighted by Crippen LogP contribution is -2.52. The summed E-state index contributed by atoms with van der Waals surface area (Å²) in [5.41, 5.74) is 1.44. The van der Waals surface area contributed by atoms with Gasteiger partial charge in [0.25, 0.3) is 0 Å². The molecule has 0 spiro atoms. The highest BCUT2D eigenvalue weighted by Crippen LogP contribution is 2.18. The minimum absolute atomic E-state index is 0.0664. The van der Waals surface area contributed by atoms with Crippen molar-refractivity contribution in [1.82, 2.24) is 15.5 Å². The molecule has 2 rings (SSSR count). The first-order chi connectivity index (χ1) is 13.9. The number of urea groups is 1. The summed E-state index contributed by atoms with van der Waals surface area (Å²) in [7, 11) is 3.29. The van der Waals surface area contributed by atoms with E-state index in [1.54, 1.807) is 50.2 Å². The molecule has 0 bridgehead atoms. The number of amides is 3. The summed E-state index contributed by atoms with van der Waals surface area (Å²) < 4.78 is 10.3. The van der Waals surface area contributed by atoms with E-state index in [9.17, 15) is 14.4 Å². The van der Waals surface area contributed by atoms with Crippen molar-refractivity contribution in [2.75, 3.05) is 39.2 Å². The van der Waals surface area contributed by atoms with Gasteiger partial charge in [-0.3, -0.25) is 9.69 Å². The van der Waals surface area contributed by atoms with Crippen LogP contribution in [0.2, 0.25) is 0 Å². The predicted molar refractivity (Wildman–Crippen MR) is 109 cm³/mol. The number of hydrogen-bond acceptors (Lipinski definition) is 6. The second kappa shape index (κ2) is 10.5. The number of carbonyl (C=O) groups excluding carboxylic acids is 3. The van der Waals surface area contributed by atoms with Crippen molar-refractivity contribution in [3.8, 4) is 5.75 Å². The molecule has 1 aromatic rings. The molecule has 1 unspecified atom stereocenters. The van der Waals surface area contributed by atoms with Crippen LogP contribution in [0, 0.1) is 0 Å². The molecule has 9 heteroatoms. The van der Waals surface area contributed by atoms with Gasteiger partial charge in [0, 0.05) is 24.0 Å². The fraction of sp³-hybridized carbons (Fsp3) is 0.450. The van der Waals surface area contributed by atoms with Crippen LogP contribution in [-0.2, 0) is 14.3 Å². The largest absolute Gasteiger partial charge is 0.497 e. The minimum Gasteiger partial charge on any atom is -0.497 e. The molecule has 0 radical (unpaired) electrons. The van der Waals surface area contributed by atoms with Crippen molar-refractivity contribution >= 4 is 23.6 Å². The molecule has 3 amide bonds. The number of likely N-dealkylation sites (N-methyl/N-ethyl adjacent to an activating group) is 1. The number of methoxy groups -OCH3 is 1. The van der Waals surface area contributed by atoms with Crippen LogP contribution in [0.15, 0.2) is 35.5 Å². The molecule has 1 heterocycles. The molecule has 0 aliphatic carbocycles. The Bertz CT molecular complexity index is 793. The first-order valence-electron chi connectivity index (χ1n) is 9.48. The fourth-order valence-electron chi connectivity index (χ4n) is 3.06. The van der Waals surface area contributed by atoms with Gasteiger partial charge in [-0.2, -0.15) is 0 Å². The number of ether oxygens (including phenoxy) is 2. The van der Waals surface area contributed by atoms with Crippen LogP contribution in [0.3, 0.4) is 0 Å². The molecular weight excluding hydrogens is 376 g/mol. The SMILES string of the molecule is CCOC(=O)C1=C(CN(C)CC(=O)Nc2cccc(OC)c2)NC(=O)NC1CC. The standard InChI is InChI=1S/C20H28N4O5/c1-5-15-18(19(26)29-6-2)16(23-20(27)22-15)11-24(3)12-17(25)21-13-8-7-9-14(10-13)28-4/h7-10,15H,5-6,11-12H2,1-4H3,(H,21,25)(H2,22,23,27). The van der Waals surface area contributed by atoms with E-state index in [4.69, 9.17) is 9.47 Å². The van der Waals surface area contributed by atoms with Gasteiger partial charge in [-0.15, -0.1) is 0 Å². The van der Waals surface area contributed by atoms with Crippen LogP contribution in [0.1, 0.15) is 20.3 Å². The summed E-state index contributed by atoms with van der Waals surface area (Å²) >= 11 is 0. The van der Waals surface area contributed by atoms with E-state index < -0.39 is 12.0 Å². The van der Waals surface area contributed by atoms with Gasteiger partial charge in [-0.25, -0.2) is 9.59 Å². The van der Waals surface area contributed by atoms with Crippen molar-refractivity contribution in [1.29, 1.82) is 0 Å². The minimum atomic E-state index is -0.476. The lowest BCUT2D eigenvalue weighted by Gasteiger charge is -2.30. The van der Waals surface area contributed by atoms with Gasteiger partial charge in [0.05, 0.1) is 31.9 Å². The van der Waals surface area contributed by atoms with Crippen LogP contribution < -0.4 is 20.7 Å². The molecule has 9 nitrogen and oxygen atoms in total. The average Bonchev–Trinajstić information content (AvgIpc) is 2.67. The molecular formula is C20H28N4O5. The van der Waals surface area contributed by atoms with Crippen LogP contribution in [0.4, 0.5) is 10.5 Å². The quantitative estimate of drug-likeness (QED) is 0.538. The average molecular weight is 404 g/mol. The Morgan fingerprint density at radius 2 is 2.03 bits per heavy atom. The zero-order valence-corrected chi connectivity index (χ0v) is 17.2. The number of benzene rings is 1. The number of nitrogens with zero attached hydrogens (tertiary/aromatic N) is 1. The summed E-state index contributed by atoms with van der Waals surface area (Å²) in [5.74, 6) is -0.0640. The highest BCUT2D eigenvalue weighted by atomic mass is 16.5. The Hall–Kier alpha value is -3.07. The van der Waals surface area contributed by atoms with Gasteiger partial charge >= 0.3 is 12.0 Å². The smallest absolute Gasteiger partial charge is 0.337 e. The van der Waals surface area contributed by atoms with E-state index >= 15 is 0 Å². The van der Waals surface area contributed by atoms with Crippen molar-refractivity contribution in [2.45, 2.75) is 26.3 Å².